The van der Waals surface area contributed by atoms with Crippen LogP contribution in [0.25, 0.3) is 11.5 Å². The standard InChI is InChI=1S/C17H15ClN2O4S/c1-9-19-12(8-25-9)13-4-5-14(24-13)17(21)20-11-7-15(22-2)10(18)6-16(11)23-3/h4-8H,1-3H3,(H,20,21). The van der Waals surface area contributed by atoms with Gasteiger partial charge in [0.05, 0.1) is 29.9 Å². The molecule has 8 heteroatoms. The fourth-order valence-electron chi connectivity index (χ4n) is 2.22. The highest BCUT2D eigenvalue weighted by Crippen LogP contribution is 2.36. The lowest BCUT2D eigenvalue weighted by Gasteiger charge is -2.12. The van der Waals surface area contributed by atoms with Crippen molar-refractivity contribution in [2.45, 2.75) is 6.92 Å². The van der Waals surface area contributed by atoms with Gasteiger partial charge in [-0.3, -0.25) is 4.79 Å². The number of carbonyl (C=O) groups is 1. The maximum atomic E-state index is 12.5. The highest BCUT2D eigenvalue weighted by Gasteiger charge is 2.17. The molecule has 0 atom stereocenters. The number of aryl methyl sites for hydroxylation is 1. The lowest BCUT2D eigenvalue weighted by Crippen LogP contribution is -2.12. The van der Waals surface area contributed by atoms with Crippen molar-refractivity contribution in [2.24, 2.45) is 0 Å². The number of nitrogens with one attached hydrogen (secondary N) is 1. The summed E-state index contributed by atoms with van der Waals surface area (Å²) in [6, 6.07) is 6.47. The third-order valence-corrected chi connectivity index (χ3v) is 4.49. The number of hydrogen-bond donors (Lipinski definition) is 1. The van der Waals surface area contributed by atoms with Gasteiger partial charge in [0.2, 0.25) is 0 Å². The summed E-state index contributed by atoms with van der Waals surface area (Å²) in [5, 5.41) is 5.93. The van der Waals surface area contributed by atoms with Crippen molar-refractivity contribution in [2.75, 3.05) is 19.5 Å². The van der Waals surface area contributed by atoms with Gasteiger partial charge < -0.3 is 19.2 Å². The summed E-state index contributed by atoms with van der Waals surface area (Å²) in [7, 11) is 2.98. The highest BCUT2D eigenvalue weighted by molar-refractivity contribution is 7.09. The van der Waals surface area contributed by atoms with Gasteiger partial charge >= 0.3 is 0 Å². The molecule has 0 aliphatic rings. The average Bonchev–Trinajstić information content (AvgIpc) is 3.24. The maximum absolute atomic E-state index is 12.5. The Morgan fingerprint density at radius 3 is 2.64 bits per heavy atom. The quantitative estimate of drug-likeness (QED) is 0.700. The molecule has 6 nitrogen and oxygen atoms in total. The Balaban J connectivity index is 1.84. The predicted octanol–water partition coefficient (Wildman–Crippen LogP) is 4.63. The Bertz CT molecular complexity index is 919. The number of thiazole rings is 1. The number of amides is 1. The van der Waals surface area contributed by atoms with Gasteiger partial charge in [-0.2, -0.15) is 0 Å². The molecule has 0 fully saturated rings. The largest absolute Gasteiger partial charge is 0.495 e. The van der Waals surface area contributed by atoms with Crippen LogP contribution in [0.4, 0.5) is 5.69 Å². The number of ether oxygens (including phenoxy) is 2. The van der Waals surface area contributed by atoms with Crippen molar-refractivity contribution in [1.82, 2.24) is 4.98 Å². The number of halogens is 1. The van der Waals surface area contributed by atoms with Crippen LogP contribution in [0.5, 0.6) is 11.5 Å². The summed E-state index contributed by atoms with van der Waals surface area (Å²) in [5.74, 6) is 1.13. The summed E-state index contributed by atoms with van der Waals surface area (Å²) >= 11 is 7.58. The Hall–Kier alpha value is -2.51. The lowest BCUT2D eigenvalue weighted by atomic mass is 10.2. The number of rotatable bonds is 5. The molecule has 0 aliphatic heterocycles. The summed E-state index contributed by atoms with van der Waals surface area (Å²) in [4.78, 5) is 16.8. The van der Waals surface area contributed by atoms with Crippen LogP contribution in [-0.4, -0.2) is 25.1 Å². The van der Waals surface area contributed by atoms with E-state index in [1.54, 1.807) is 24.3 Å². The molecule has 130 valence electrons. The molecular weight excluding hydrogens is 364 g/mol. The predicted molar refractivity (Wildman–Crippen MR) is 97.1 cm³/mol. The highest BCUT2D eigenvalue weighted by atomic mass is 35.5. The van der Waals surface area contributed by atoms with Crippen LogP contribution in [0.15, 0.2) is 34.1 Å². The second-order valence-electron chi connectivity index (χ2n) is 5.06. The minimum absolute atomic E-state index is 0.164. The molecule has 1 amide bonds. The topological polar surface area (TPSA) is 73.6 Å². The van der Waals surface area contributed by atoms with Crippen LogP contribution in [0.2, 0.25) is 5.02 Å². The molecule has 3 rings (SSSR count). The van der Waals surface area contributed by atoms with Crippen molar-refractivity contribution < 1.29 is 18.7 Å². The van der Waals surface area contributed by atoms with Gasteiger partial charge in [0.15, 0.2) is 11.5 Å². The maximum Gasteiger partial charge on any atom is 0.291 e. The monoisotopic (exact) mass is 378 g/mol. The Labute approximate surface area is 153 Å². The van der Waals surface area contributed by atoms with E-state index >= 15 is 0 Å². The van der Waals surface area contributed by atoms with Crippen LogP contribution < -0.4 is 14.8 Å². The molecule has 3 aromatic rings. The summed E-state index contributed by atoms with van der Waals surface area (Å²) in [5.41, 5.74) is 1.13. The van der Waals surface area contributed by atoms with Crippen LogP contribution in [0, 0.1) is 6.92 Å². The van der Waals surface area contributed by atoms with Crippen molar-refractivity contribution >= 4 is 34.5 Å². The lowest BCUT2D eigenvalue weighted by molar-refractivity contribution is 0.0997. The number of methoxy groups -OCH3 is 2. The molecule has 0 aliphatic carbocycles. The van der Waals surface area contributed by atoms with E-state index in [-0.39, 0.29) is 5.76 Å². The number of benzene rings is 1. The van der Waals surface area contributed by atoms with Crippen LogP contribution in [-0.2, 0) is 0 Å². The molecule has 2 heterocycles. The molecule has 0 spiro atoms. The van der Waals surface area contributed by atoms with Crippen LogP contribution in [0.3, 0.4) is 0 Å². The van der Waals surface area contributed by atoms with E-state index in [9.17, 15) is 4.79 Å². The van der Waals surface area contributed by atoms with Crippen molar-refractivity contribution in [3.63, 3.8) is 0 Å². The fraction of sp³-hybridized carbons (Fsp3) is 0.176. The molecule has 0 saturated heterocycles. The normalized spacial score (nSPS) is 10.6. The summed E-state index contributed by atoms with van der Waals surface area (Å²) in [6.45, 7) is 1.91. The minimum Gasteiger partial charge on any atom is -0.495 e. The van der Waals surface area contributed by atoms with Gasteiger partial charge in [-0.25, -0.2) is 4.98 Å². The number of hydrogen-bond acceptors (Lipinski definition) is 6. The molecule has 0 bridgehead atoms. The average molecular weight is 379 g/mol. The van der Waals surface area contributed by atoms with Gasteiger partial charge in [0, 0.05) is 17.5 Å². The molecule has 0 saturated carbocycles. The molecule has 1 aromatic carbocycles. The summed E-state index contributed by atoms with van der Waals surface area (Å²) in [6.07, 6.45) is 0. The first kappa shape index (κ1) is 17.3. The second-order valence-corrected chi connectivity index (χ2v) is 6.53. The zero-order valence-electron chi connectivity index (χ0n) is 13.8. The molecule has 0 radical (unpaired) electrons. The van der Waals surface area contributed by atoms with E-state index in [0.29, 0.717) is 33.7 Å². The van der Waals surface area contributed by atoms with E-state index < -0.39 is 5.91 Å². The van der Waals surface area contributed by atoms with E-state index in [1.165, 1.54) is 25.6 Å². The number of carbonyl (C=O) groups excluding carboxylic acids is 1. The zero-order chi connectivity index (χ0) is 18.0. The van der Waals surface area contributed by atoms with Gasteiger partial charge in [-0.15, -0.1) is 11.3 Å². The van der Waals surface area contributed by atoms with E-state index in [1.807, 2.05) is 12.3 Å². The Morgan fingerprint density at radius 2 is 2.00 bits per heavy atom. The SMILES string of the molecule is COc1cc(NC(=O)c2ccc(-c3csc(C)n3)o2)c(OC)cc1Cl. The minimum atomic E-state index is -0.416. The van der Waals surface area contributed by atoms with Crippen molar-refractivity contribution in [3.8, 4) is 23.0 Å². The zero-order valence-corrected chi connectivity index (χ0v) is 15.3. The van der Waals surface area contributed by atoms with Crippen molar-refractivity contribution in [3.05, 3.63) is 45.4 Å². The van der Waals surface area contributed by atoms with Crippen LogP contribution in [0.1, 0.15) is 15.6 Å². The first-order chi connectivity index (χ1) is 12.0. The van der Waals surface area contributed by atoms with Gasteiger partial charge in [-0.05, 0) is 19.1 Å². The smallest absolute Gasteiger partial charge is 0.291 e. The van der Waals surface area contributed by atoms with Crippen molar-refractivity contribution in [1.29, 1.82) is 0 Å². The van der Waals surface area contributed by atoms with Gasteiger partial charge in [0.25, 0.3) is 5.91 Å². The third kappa shape index (κ3) is 3.62. The van der Waals surface area contributed by atoms with E-state index in [0.717, 1.165) is 5.01 Å². The number of nitrogens with zero attached hydrogens (tertiary/aromatic N) is 1. The molecular formula is C17H15ClN2O4S. The number of furan rings is 1. The third-order valence-electron chi connectivity index (χ3n) is 3.42. The van der Waals surface area contributed by atoms with E-state index in [2.05, 4.69) is 10.3 Å². The molecule has 2 aromatic heterocycles. The fourth-order valence-corrected chi connectivity index (χ4v) is 3.05. The molecule has 25 heavy (non-hydrogen) atoms. The summed E-state index contributed by atoms with van der Waals surface area (Å²) < 4.78 is 16.0. The molecule has 1 N–H and O–H groups in total. The number of aromatic nitrogens is 1. The van der Waals surface area contributed by atoms with Crippen LogP contribution >= 0.6 is 22.9 Å². The Morgan fingerprint density at radius 1 is 1.24 bits per heavy atom. The first-order valence-corrected chi connectivity index (χ1v) is 8.52. The van der Waals surface area contributed by atoms with Gasteiger partial charge in [0.1, 0.15) is 17.2 Å². The molecule has 0 unspecified atom stereocenters. The first-order valence-electron chi connectivity index (χ1n) is 7.27. The van der Waals surface area contributed by atoms with Gasteiger partial charge in [-0.1, -0.05) is 11.6 Å². The second kappa shape index (κ2) is 7.16. The number of anilines is 1. The Kier molecular flexibility index (Phi) is 4.96. The van der Waals surface area contributed by atoms with E-state index in [4.69, 9.17) is 25.5 Å².